The van der Waals surface area contributed by atoms with E-state index in [1.807, 2.05) is 45.0 Å². The van der Waals surface area contributed by atoms with E-state index >= 15 is 0 Å². The summed E-state index contributed by atoms with van der Waals surface area (Å²) in [6.07, 6.45) is 5.79. The number of rotatable bonds is 5. The van der Waals surface area contributed by atoms with Crippen LogP contribution in [0.15, 0.2) is 12.4 Å². The van der Waals surface area contributed by atoms with E-state index in [-0.39, 0.29) is 6.10 Å². The first-order valence-corrected chi connectivity index (χ1v) is 6.62. The highest BCUT2D eigenvalue weighted by Crippen LogP contribution is 2.16. The molecule has 104 valence electrons. The number of hydrogen-bond donors (Lipinski definition) is 1. The lowest BCUT2D eigenvalue weighted by molar-refractivity contribution is 0.165. The van der Waals surface area contributed by atoms with Gasteiger partial charge in [-0.1, -0.05) is 0 Å². The van der Waals surface area contributed by atoms with Gasteiger partial charge in [0.2, 0.25) is 0 Å². The van der Waals surface area contributed by atoms with E-state index in [2.05, 4.69) is 10.2 Å². The molecule has 2 rings (SSSR count). The summed E-state index contributed by atoms with van der Waals surface area (Å²) in [6.45, 7) is 4.04. The molecule has 2 aromatic heterocycles. The average Bonchev–Trinajstić information content (AvgIpc) is 2.86. The van der Waals surface area contributed by atoms with Gasteiger partial charge in [-0.25, -0.2) is 0 Å². The fourth-order valence-electron chi connectivity index (χ4n) is 2.38. The summed E-state index contributed by atoms with van der Waals surface area (Å²) in [5.41, 5.74) is 4.49. The largest absolute Gasteiger partial charge is 0.393 e. The second-order valence-corrected chi connectivity index (χ2v) is 5.19. The van der Waals surface area contributed by atoms with Crippen molar-refractivity contribution >= 4 is 0 Å². The zero-order valence-corrected chi connectivity index (χ0v) is 12.1. The van der Waals surface area contributed by atoms with Gasteiger partial charge < -0.3 is 5.11 Å². The van der Waals surface area contributed by atoms with E-state index in [0.29, 0.717) is 6.42 Å². The molecule has 1 unspecified atom stereocenters. The normalized spacial score (nSPS) is 12.9. The number of aliphatic hydroxyl groups excluding tert-OH is 1. The molecule has 0 aliphatic rings. The van der Waals surface area contributed by atoms with Crippen molar-refractivity contribution in [2.24, 2.45) is 14.1 Å². The maximum atomic E-state index is 10.2. The molecule has 5 nitrogen and oxygen atoms in total. The van der Waals surface area contributed by atoms with Crippen molar-refractivity contribution in [1.82, 2.24) is 19.6 Å². The third kappa shape index (κ3) is 3.23. The van der Waals surface area contributed by atoms with Crippen LogP contribution < -0.4 is 0 Å². The number of hydrogen-bond acceptors (Lipinski definition) is 3. The number of nitrogens with zero attached hydrogens (tertiary/aromatic N) is 4. The lowest BCUT2D eigenvalue weighted by Crippen LogP contribution is -2.12. The number of aliphatic hydroxyl groups is 1. The number of aryl methyl sites for hydroxylation is 4. The molecule has 0 amide bonds. The third-order valence-electron chi connectivity index (χ3n) is 3.62. The van der Waals surface area contributed by atoms with Crippen molar-refractivity contribution in [2.75, 3.05) is 0 Å². The molecule has 19 heavy (non-hydrogen) atoms. The van der Waals surface area contributed by atoms with Gasteiger partial charge in [0.05, 0.1) is 18.0 Å². The quantitative estimate of drug-likeness (QED) is 0.884. The molecule has 0 saturated heterocycles. The maximum absolute atomic E-state index is 10.2. The van der Waals surface area contributed by atoms with Crippen molar-refractivity contribution in [3.05, 3.63) is 34.9 Å². The Kier molecular flexibility index (Phi) is 4.04. The minimum absolute atomic E-state index is 0.332. The summed E-state index contributed by atoms with van der Waals surface area (Å²) in [5, 5.41) is 18.7. The smallest absolute Gasteiger partial charge is 0.0629 e. The molecule has 0 bridgehead atoms. The molecule has 1 atom stereocenters. The minimum atomic E-state index is -0.332. The molecular weight excluding hydrogens is 240 g/mol. The van der Waals surface area contributed by atoms with Gasteiger partial charge in [0, 0.05) is 32.4 Å². The summed E-state index contributed by atoms with van der Waals surface area (Å²) in [7, 11) is 3.84. The number of aromatic nitrogens is 4. The van der Waals surface area contributed by atoms with Crippen LogP contribution in [0.25, 0.3) is 0 Å². The fourth-order valence-corrected chi connectivity index (χ4v) is 2.38. The van der Waals surface area contributed by atoms with E-state index in [9.17, 15) is 5.11 Å². The Morgan fingerprint density at radius 3 is 2.58 bits per heavy atom. The zero-order chi connectivity index (χ0) is 14.0. The topological polar surface area (TPSA) is 55.9 Å². The van der Waals surface area contributed by atoms with E-state index in [4.69, 9.17) is 0 Å². The van der Waals surface area contributed by atoms with Crippen LogP contribution >= 0.6 is 0 Å². The molecule has 0 spiro atoms. The van der Waals surface area contributed by atoms with Crippen LogP contribution in [0, 0.1) is 13.8 Å². The molecular formula is C14H22N4O. The van der Waals surface area contributed by atoms with Gasteiger partial charge in [0.15, 0.2) is 0 Å². The van der Waals surface area contributed by atoms with Crippen molar-refractivity contribution < 1.29 is 5.11 Å². The Morgan fingerprint density at radius 2 is 2.05 bits per heavy atom. The van der Waals surface area contributed by atoms with Crippen LogP contribution in [0.1, 0.15) is 28.9 Å². The monoisotopic (exact) mass is 262 g/mol. The van der Waals surface area contributed by atoms with Crippen LogP contribution in [0.2, 0.25) is 0 Å². The minimum Gasteiger partial charge on any atom is -0.393 e. The lowest BCUT2D eigenvalue weighted by atomic mass is 10.0. The molecule has 2 aromatic rings. The Morgan fingerprint density at radius 1 is 1.32 bits per heavy atom. The van der Waals surface area contributed by atoms with Crippen LogP contribution in [-0.4, -0.2) is 30.8 Å². The lowest BCUT2D eigenvalue weighted by Gasteiger charge is -2.10. The van der Waals surface area contributed by atoms with Crippen LogP contribution in [0.3, 0.4) is 0 Å². The van der Waals surface area contributed by atoms with Gasteiger partial charge >= 0.3 is 0 Å². The average molecular weight is 262 g/mol. The zero-order valence-electron chi connectivity index (χ0n) is 12.1. The molecule has 0 fully saturated rings. The molecule has 0 radical (unpaired) electrons. The Bertz CT molecular complexity index is 556. The summed E-state index contributed by atoms with van der Waals surface area (Å²) >= 11 is 0. The molecule has 0 aliphatic carbocycles. The van der Waals surface area contributed by atoms with E-state index in [0.717, 1.165) is 24.2 Å². The van der Waals surface area contributed by atoms with E-state index in [1.165, 1.54) is 11.1 Å². The first kappa shape index (κ1) is 13.8. The summed E-state index contributed by atoms with van der Waals surface area (Å²) in [4.78, 5) is 0. The van der Waals surface area contributed by atoms with Crippen LogP contribution in [-0.2, 0) is 26.9 Å². The third-order valence-corrected chi connectivity index (χ3v) is 3.62. The summed E-state index contributed by atoms with van der Waals surface area (Å²) in [6, 6.07) is 0. The van der Waals surface area contributed by atoms with Crippen molar-refractivity contribution in [2.45, 2.75) is 39.2 Å². The highest BCUT2D eigenvalue weighted by atomic mass is 16.3. The SMILES string of the molecule is Cc1nn(C)c(C)c1CC(O)CCc1cnn(C)c1. The van der Waals surface area contributed by atoms with E-state index in [1.54, 1.807) is 4.68 Å². The summed E-state index contributed by atoms with van der Waals surface area (Å²) in [5.74, 6) is 0. The Labute approximate surface area is 113 Å². The predicted octanol–water partition coefficient (Wildman–Crippen LogP) is 1.31. The van der Waals surface area contributed by atoms with Gasteiger partial charge in [-0.3, -0.25) is 9.36 Å². The van der Waals surface area contributed by atoms with Crippen molar-refractivity contribution in [3.63, 3.8) is 0 Å². The van der Waals surface area contributed by atoms with Crippen LogP contribution in [0.4, 0.5) is 0 Å². The predicted molar refractivity (Wildman–Crippen MR) is 73.9 cm³/mol. The van der Waals surface area contributed by atoms with Gasteiger partial charge in [-0.05, 0) is 37.8 Å². The molecule has 0 saturated carbocycles. The Balaban J connectivity index is 1.92. The second-order valence-electron chi connectivity index (χ2n) is 5.19. The first-order chi connectivity index (χ1) is 8.97. The first-order valence-electron chi connectivity index (χ1n) is 6.62. The van der Waals surface area contributed by atoms with Crippen molar-refractivity contribution in [3.8, 4) is 0 Å². The maximum Gasteiger partial charge on any atom is 0.0629 e. The molecule has 0 aromatic carbocycles. The summed E-state index contributed by atoms with van der Waals surface area (Å²) < 4.78 is 3.66. The molecule has 5 heteroatoms. The van der Waals surface area contributed by atoms with Gasteiger partial charge in [0.1, 0.15) is 0 Å². The standard InChI is InChI=1S/C14H22N4O/c1-10-14(11(2)18(4)16-10)7-13(19)6-5-12-8-15-17(3)9-12/h8-9,13,19H,5-7H2,1-4H3. The fraction of sp³-hybridized carbons (Fsp3) is 0.571. The van der Waals surface area contributed by atoms with E-state index < -0.39 is 0 Å². The molecule has 0 aliphatic heterocycles. The molecule has 1 N–H and O–H groups in total. The van der Waals surface area contributed by atoms with Gasteiger partial charge in [-0.2, -0.15) is 10.2 Å². The highest BCUT2D eigenvalue weighted by molar-refractivity contribution is 5.25. The second kappa shape index (κ2) is 5.57. The highest BCUT2D eigenvalue weighted by Gasteiger charge is 2.14. The van der Waals surface area contributed by atoms with Gasteiger partial charge in [-0.15, -0.1) is 0 Å². The van der Waals surface area contributed by atoms with Crippen molar-refractivity contribution in [1.29, 1.82) is 0 Å². The Hall–Kier alpha value is -1.62. The molecule has 2 heterocycles. The van der Waals surface area contributed by atoms with Crippen LogP contribution in [0.5, 0.6) is 0 Å². The van der Waals surface area contributed by atoms with Gasteiger partial charge in [0.25, 0.3) is 0 Å².